The van der Waals surface area contributed by atoms with E-state index >= 15 is 0 Å². The van der Waals surface area contributed by atoms with Gasteiger partial charge in [0.25, 0.3) is 11.8 Å². The fourth-order valence-electron chi connectivity index (χ4n) is 7.74. The Morgan fingerprint density at radius 2 is 1.24 bits per heavy atom. The predicted molar refractivity (Wildman–Crippen MR) is 228 cm³/mol. The highest BCUT2D eigenvalue weighted by Gasteiger charge is 2.36. The van der Waals surface area contributed by atoms with Gasteiger partial charge < -0.3 is 38.4 Å². The second-order valence-corrected chi connectivity index (χ2v) is 16.9. The summed E-state index contributed by atoms with van der Waals surface area (Å²) in [5.74, 6) is 2.10. The number of carbonyl (C=O) groups is 2. The monoisotopic (exact) mass is 808 g/mol. The average Bonchev–Trinajstić information content (AvgIpc) is 3.77. The smallest absolute Gasteiger partial charge is 0.257 e. The minimum absolute atomic E-state index is 0.0652. The van der Waals surface area contributed by atoms with Crippen LogP contribution in [0.4, 0.5) is 11.4 Å². The topological polar surface area (TPSA) is 128 Å². The molecule has 306 valence electrons. The van der Waals surface area contributed by atoms with E-state index in [4.69, 9.17) is 38.7 Å². The van der Waals surface area contributed by atoms with Crippen LogP contribution in [0.15, 0.2) is 69.7 Å². The zero-order valence-electron chi connectivity index (χ0n) is 34.3. The predicted octanol–water partition coefficient (Wildman–Crippen LogP) is 7.03. The summed E-state index contributed by atoms with van der Waals surface area (Å²) in [6.45, 7) is 11.3. The molecule has 5 heterocycles. The minimum atomic E-state index is -0.148. The molecule has 2 fully saturated rings. The molecule has 2 atom stereocenters. The number of carbonyl (C=O) groups excluding carboxylic acids is 2. The molecular weight excluding hydrogens is 757 g/mol. The quantitative estimate of drug-likeness (QED) is 0.135. The van der Waals surface area contributed by atoms with Crippen LogP contribution in [-0.4, -0.2) is 115 Å². The van der Waals surface area contributed by atoms with E-state index < -0.39 is 0 Å². The number of hydrogen-bond acceptors (Lipinski definition) is 12. The van der Waals surface area contributed by atoms with E-state index in [0.717, 1.165) is 19.4 Å². The first kappa shape index (κ1) is 40.8. The molecular formula is C44H52N6O7S. The van der Waals surface area contributed by atoms with E-state index in [1.807, 2.05) is 55.3 Å². The van der Waals surface area contributed by atoms with E-state index in [1.54, 1.807) is 38.5 Å². The minimum Gasteiger partial charge on any atom is -0.493 e. The SMILES string of the molecule is C/C=C1\C[C@H]2C=Nc3cc(OCc4cc(OCCN(C)CC(C)(C)S)cc(COc5cc6c(cc5OC)C(=O)N5C/C(=C/C)C[C@H]5C=N6)n4)c(OC)cc3C(=O)N2C1. The summed E-state index contributed by atoms with van der Waals surface area (Å²) in [7, 11) is 5.13. The number of ether oxygens (including phenoxy) is 5. The highest BCUT2D eigenvalue weighted by Crippen LogP contribution is 2.41. The number of allylic oxidation sites excluding steroid dienone is 2. The van der Waals surface area contributed by atoms with Gasteiger partial charge in [-0.25, -0.2) is 0 Å². The number of thiol groups is 1. The van der Waals surface area contributed by atoms with Gasteiger partial charge in [0.05, 0.1) is 60.2 Å². The Kier molecular flexibility index (Phi) is 12.1. The Hall–Kier alpha value is -5.34. The van der Waals surface area contributed by atoms with Crippen molar-refractivity contribution in [2.45, 2.75) is 70.6 Å². The van der Waals surface area contributed by atoms with Crippen molar-refractivity contribution in [1.82, 2.24) is 19.7 Å². The number of pyridine rings is 1. The summed E-state index contributed by atoms with van der Waals surface area (Å²) in [6, 6.07) is 10.4. The van der Waals surface area contributed by atoms with Gasteiger partial charge in [-0.1, -0.05) is 23.3 Å². The first-order valence-electron chi connectivity index (χ1n) is 19.6. The molecule has 0 bridgehead atoms. The number of aliphatic imine (C=N–C) groups is 2. The maximum absolute atomic E-state index is 13.6. The molecule has 1 aromatic heterocycles. The number of rotatable bonds is 14. The van der Waals surface area contributed by atoms with Gasteiger partial charge in [-0.05, 0) is 59.7 Å². The summed E-state index contributed by atoms with van der Waals surface area (Å²) >= 11 is 4.67. The Balaban J connectivity index is 1.12. The van der Waals surface area contributed by atoms with Gasteiger partial charge in [0.1, 0.15) is 25.6 Å². The van der Waals surface area contributed by atoms with Crippen LogP contribution >= 0.6 is 12.6 Å². The molecule has 2 amide bonds. The second kappa shape index (κ2) is 17.3. The first-order chi connectivity index (χ1) is 27.9. The number of nitrogens with zero attached hydrogens (tertiary/aromatic N) is 6. The molecule has 3 aromatic rings. The Bertz CT molecular complexity index is 2060. The standard InChI is InChI=1S/C44H52N6O7S/c1-8-27-12-31-20-45-36-18-40(38(53-6)16-34(36)42(51)49(31)22-27)56-24-29-14-33(55-11-10-48(5)26-44(3,4)58)15-30(47-29)25-57-41-19-37-35(17-39(41)54-7)43(52)50-23-28(9-2)13-32(50)21-46-37/h8-9,14-21,31-32,58H,10-13,22-26H2,1-7H3/b27-8+,28-9+/t31-,32-/m0/s1. The van der Waals surface area contributed by atoms with Crippen molar-refractivity contribution in [3.63, 3.8) is 0 Å². The van der Waals surface area contributed by atoms with Crippen molar-refractivity contribution in [2.75, 3.05) is 54.1 Å². The zero-order chi connectivity index (χ0) is 41.1. The van der Waals surface area contributed by atoms with E-state index in [1.165, 1.54) is 11.1 Å². The van der Waals surface area contributed by atoms with E-state index in [9.17, 15) is 9.59 Å². The number of likely N-dealkylation sites (N-methyl/N-ethyl adjacent to an activating group) is 1. The molecule has 0 spiro atoms. The third kappa shape index (κ3) is 9.02. The van der Waals surface area contributed by atoms with Gasteiger partial charge >= 0.3 is 0 Å². The molecule has 4 aliphatic rings. The average molecular weight is 809 g/mol. The number of methoxy groups -OCH3 is 2. The summed E-state index contributed by atoms with van der Waals surface area (Å²) in [4.78, 5) is 47.4. The lowest BCUT2D eigenvalue weighted by atomic mass is 10.1. The number of fused-ring (bicyclic) bond motifs is 4. The van der Waals surface area contributed by atoms with E-state index in [-0.39, 0.29) is 41.9 Å². The van der Waals surface area contributed by atoms with Crippen LogP contribution in [0.3, 0.4) is 0 Å². The van der Waals surface area contributed by atoms with Crippen LogP contribution in [0.1, 0.15) is 72.6 Å². The number of aromatic nitrogens is 1. The second-order valence-electron chi connectivity index (χ2n) is 15.7. The fourth-order valence-corrected chi connectivity index (χ4v) is 7.98. The fraction of sp³-hybridized carbons (Fsp3) is 0.432. The third-order valence-corrected chi connectivity index (χ3v) is 10.8. The highest BCUT2D eigenvalue weighted by atomic mass is 32.1. The van der Waals surface area contributed by atoms with Crippen molar-refractivity contribution < 1.29 is 33.3 Å². The van der Waals surface area contributed by atoms with Crippen LogP contribution < -0.4 is 23.7 Å². The Morgan fingerprint density at radius 1 is 0.759 bits per heavy atom. The van der Waals surface area contributed by atoms with Gasteiger partial charge in [0.2, 0.25) is 0 Å². The van der Waals surface area contributed by atoms with Crippen molar-refractivity contribution in [1.29, 1.82) is 0 Å². The van der Waals surface area contributed by atoms with Gasteiger partial charge in [0, 0.05) is 67.6 Å². The maximum atomic E-state index is 13.6. The lowest BCUT2D eigenvalue weighted by Gasteiger charge is -2.25. The van der Waals surface area contributed by atoms with Crippen molar-refractivity contribution in [2.24, 2.45) is 9.98 Å². The Morgan fingerprint density at radius 3 is 1.67 bits per heavy atom. The van der Waals surface area contributed by atoms with Crippen LogP contribution in [-0.2, 0) is 13.2 Å². The lowest BCUT2D eigenvalue weighted by Crippen LogP contribution is -2.35. The van der Waals surface area contributed by atoms with Gasteiger partial charge in [-0.15, -0.1) is 0 Å². The lowest BCUT2D eigenvalue weighted by molar-refractivity contribution is 0.0769. The maximum Gasteiger partial charge on any atom is 0.257 e. The molecule has 2 saturated heterocycles. The molecule has 14 heteroatoms. The normalized spacial score (nSPS) is 19.9. The summed E-state index contributed by atoms with van der Waals surface area (Å²) in [5, 5.41) is 0. The summed E-state index contributed by atoms with van der Waals surface area (Å²) in [6.07, 6.45) is 9.34. The largest absolute Gasteiger partial charge is 0.493 e. The van der Waals surface area contributed by atoms with E-state index in [0.29, 0.717) is 88.9 Å². The zero-order valence-corrected chi connectivity index (χ0v) is 35.2. The molecule has 0 N–H and O–H groups in total. The van der Waals surface area contributed by atoms with Gasteiger partial charge in [0.15, 0.2) is 23.0 Å². The molecule has 0 saturated carbocycles. The molecule has 0 aliphatic carbocycles. The van der Waals surface area contributed by atoms with Crippen LogP contribution in [0.2, 0.25) is 0 Å². The summed E-state index contributed by atoms with van der Waals surface area (Å²) < 4.78 is 30.2. The molecule has 0 radical (unpaired) electrons. The van der Waals surface area contributed by atoms with E-state index in [2.05, 4.69) is 43.5 Å². The van der Waals surface area contributed by atoms with Crippen molar-refractivity contribution >= 4 is 48.2 Å². The molecule has 2 aromatic carbocycles. The summed E-state index contributed by atoms with van der Waals surface area (Å²) in [5.41, 5.74) is 5.57. The van der Waals surface area contributed by atoms with Crippen molar-refractivity contribution in [3.05, 3.63) is 82.2 Å². The van der Waals surface area contributed by atoms with Crippen LogP contribution in [0.25, 0.3) is 0 Å². The Labute approximate surface area is 345 Å². The van der Waals surface area contributed by atoms with Gasteiger partial charge in [-0.2, -0.15) is 12.6 Å². The van der Waals surface area contributed by atoms with Crippen molar-refractivity contribution in [3.8, 4) is 28.7 Å². The number of amides is 2. The molecule has 7 rings (SSSR count). The molecule has 13 nitrogen and oxygen atoms in total. The van der Waals surface area contributed by atoms with Gasteiger partial charge in [-0.3, -0.25) is 24.6 Å². The number of hydrogen-bond donors (Lipinski definition) is 1. The number of benzene rings is 2. The first-order valence-corrected chi connectivity index (χ1v) is 20.0. The third-order valence-electron chi connectivity index (χ3n) is 10.7. The van der Waals surface area contributed by atoms with Crippen LogP contribution in [0.5, 0.6) is 28.7 Å². The van der Waals surface area contributed by atoms with Crippen LogP contribution in [0, 0.1) is 0 Å². The highest BCUT2D eigenvalue weighted by molar-refractivity contribution is 7.81. The molecule has 58 heavy (non-hydrogen) atoms. The molecule has 4 aliphatic heterocycles. The molecule has 0 unspecified atom stereocenters.